The maximum absolute atomic E-state index is 11.0. The van der Waals surface area contributed by atoms with Crippen molar-refractivity contribution in [3.63, 3.8) is 0 Å². The van der Waals surface area contributed by atoms with Gasteiger partial charge in [-0.15, -0.1) is 0 Å². The van der Waals surface area contributed by atoms with Crippen LogP contribution in [0.2, 0.25) is 0 Å². The average Bonchev–Trinajstić information content (AvgIpc) is 2.82. The van der Waals surface area contributed by atoms with Crippen LogP contribution >= 0.6 is 0 Å². The van der Waals surface area contributed by atoms with Crippen LogP contribution in [0.15, 0.2) is 6.20 Å². The molecule has 3 rings (SSSR count). The molecular formula is C10H11N3O2. The van der Waals surface area contributed by atoms with Crippen molar-refractivity contribution in [1.29, 1.82) is 0 Å². The summed E-state index contributed by atoms with van der Waals surface area (Å²) in [6, 6.07) is 0. The van der Waals surface area contributed by atoms with Gasteiger partial charge in [0.15, 0.2) is 0 Å². The molecule has 0 spiro atoms. The summed E-state index contributed by atoms with van der Waals surface area (Å²) in [6.45, 7) is 2.66. The Labute approximate surface area is 85.7 Å². The molecule has 5 nitrogen and oxygen atoms in total. The summed E-state index contributed by atoms with van der Waals surface area (Å²) in [6.07, 6.45) is 3.58. The average molecular weight is 205 g/mol. The number of aromatic nitrogens is 1. The minimum absolute atomic E-state index is 0.343. The van der Waals surface area contributed by atoms with E-state index in [1.165, 1.54) is 0 Å². The molecule has 1 aromatic rings. The van der Waals surface area contributed by atoms with E-state index in [2.05, 4.69) is 15.2 Å². The fourth-order valence-electron chi connectivity index (χ4n) is 2.19. The largest absolute Gasteiger partial charge is 0.478 e. The summed E-state index contributed by atoms with van der Waals surface area (Å²) in [7, 11) is 0. The lowest BCUT2D eigenvalue weighted by Crippen LogP contribution is -2.41. The fourth-order valence-corrected chi connectivity index (χ4v) is 2.19. The third-order valence-corrected chi connectivity index (χ3v) is 2.88. The van der Waals surface area contributed by atoms with Gasteiger partial charge in [-0.1, -0.05) is 0 Å². The van der Waals surface area contributed by atoms with Gasteiger partial charge in [0.1, 0.15) is 5.82 Å². The zero-order chi connectivity index (χ0) is 10.4. The van der Waals surface area contributed by atoms with Crippen LogP contribution in [0.4, 0.5) is 0 Å². The standard InChI is InChI=1S/C10H11N3O2/c14-10(15)6-5-12-7-1-3-13-4-2-11-9(13)8(6)7/h1,5,11-12H,2-4H2,(H,14,15). The number of aromatic amines is 1. The van der Waals surface area contributed by atoms with Gasteiger partial charge in [0.2, 0.25) is 0 Å². The molecule has 0 aliphatic carbocycles. The van der Waals surface area contributed by atoms with Crippen LogP contribution in [-0.2, 0) is 0 Å². The molecule has 0 unspecified atom stereocenters. The van der Waals surface area contributed by atoms with E-state index < -0.39 is 5.97 Å². The van der Waals surface area contributed by atoms with Crippen LogP contribution in [0.3, 0.4) is 0 Å². The molecule has 5 heteroatoms. The second kappa shape index (κ2) is 2.79. The van der Waals surface area contributed by atoms with Crippen LogP contribution in [-0.4, -0.2) is 40.6 Å². The second-order valence-electron chi connectivity index (χ2n) is 3.72. The first-order valence-corrected chi connectivity index (χ1v) is 4.91. The Morgan fingerprint density at radius 2 is 2.40 bits per heavy atom. The van der Waals surface area contributed by atoms with Gasteiger partial charge in [-0.2, -0.15) is 0 Å². The van der Waals surface area contributed by atoms with Gasteiger partial charge in [-0.3, -0.25) is 0 Å². The van der Waals surface area contributed by atoms with Crippen molar-refractivity contribution < 1.29 is 9.90 Å². The van der Waals surface area contributed by atoms with Crippen LogP contribution in [0, 0.1) is 0 Å². The number of carbonyl (C=O) groups is 1. The number of fused-ring (bicyclic) bond motifs is 2. The number of H-pyrrole nitrogens is 1. The van der Waals surface area contributed by atoms with Crippen molar-refractivity contribution in [3.05, 3.63) is 22.3 Å². The lowest BCUT2D eigenvalue weighted by molar-refractivity contribution is 0.0695. The van der Waals surface area contributed by atoms with Crippen molar-refractivity contribution >= 4 is 17.9 Å². The highest BCUT2D eigenvalue weighted by Gasteiger charge is 2.22. The van der Waals surface area contributed by atoms with Crippen molar-refractivity contribution in [3.8, 4) is 0 Å². The van der Waals surface area contributed by atoms with E-state index in [4.69, 9.17) is 5.11 Å². The summed E-state index contributed by atoms with van der Waals surface area (Å²) in [5.74, 6) is 0.0649. The number of nitrogens with one attached hydrogen (secondary N) is 2. The minimum Gasteiger partial charge on any atom is -0.478 e. The summed E-state index contributed by atoms with van der Waals surface area (Å²) < 4.78 is 0. The first kappa shape index (κ1) is 8.40. The third-order valence-electron chi connectivity index (χ3n) is 2.88. The summed E-state index contributed by atoms with van der Waals surface area (Å²) in [4.78, 5) is 16.2. The lowest BCUT2D eigenvalue weighted by Gasteiger charge is -2.19. The molecule has 0 amide bonds. The smallest absolute Gasteiger partial charge is 0.338 e. The first-order chi connectivity index (χ1) is 7.27. The molecule has 15 heavy (non-hydrogen) atoms. The summed E-state index contributed by atoms with van der Waals surface area (Å²) in [5, 5.41) is 14.0. The topological polar surface area (TPSA) is 68.4 Å². The van der Waals surface area contributed by atoms with Gasteiger partial charge >= 0.3 is 5.97 Å². The Hall–Kier alpha value is -1.91. The first-order valence-electron chi connectivity index (χ1n) is 4.91. The molecular weight excluding hydrogens is 194 g/mol. The maximum Gasteiger partial charge on any atom is 0.338 e. The highest BCUT2D eigenvalue weighted by molar-refractivity contribution is 5.88. The highest BCUT2D eigenvalue weighted by atomic mass is 16.4. The Bertz CT molecular complexity index is 544. The molecule has 0 atom stereocenters. The summed E-state index contributed by atoms with van der Waals surface area (Å²) >= 11 is 0. The highest BCUT2D eigenvalue weighted by Crippen LogP contribution is 2.08. The van der Waals surface area contributed by atoms with Gasteiger partial charge in [0.25, 0.3) is 0 Å². The van der Waals surface area contributed by atoms with Crippen molar-refractivity contribution in [1.82, 2.24) is 15.2 Å². The van der Waals surface area contributed by atoms with Gasteiger partial charge < -0.3 is 20.3 Å². The second-order valence-corrected chi connectivity index (χ2v) is 3.72. The number of aromatic carboxylic acids is 1. The van der Waals surface area contributed by atoms with Crippen molar-refractivity contribution in [2.75, 3.05) is 19.6 Å². The number of hydrogen-bond acceptors (Lipinski definition) is 3. The normalized spacial score (nSPS) is 17.9. The Morgan fingerprint density at radius 3 is 3.20 bits per heavy atom. The summed E-state index contributed by atoms with van der Waals surface area (Å²) in [5.41, 5.74) is 0.343. The lowest BCUT2D eigenvalue weighted by atomic mass is 10.2. The molecule has 1 saturated heterocycles. The zero-order valence-corrected chi connectivity index (χ0v) is 8.08. The van der Waals surface area contributed by atoms with E-state index >= 15 is 0 Å². The number of rotatable bonds is 1. The van der Waals surface area contributed by atoms with Crippen molar-refractivity contribution in [2.24, 2.45) is 0 Å². The number of carboxylic acid groups (broad SMARTS) is 1. The van der Waals surface area contributed by atoms with E-state index in [-0.39, 0.29) is 0 Å². The molecule has 78 valence electrons. The molecule has 3 heterocycles. The Morgan fingerprint density at radius 1 is 1.53 bits per heavy atom. The molecule has 0 saturated carbocycles. The Kier molecular flexibility index (Phi) is 1.56. The number of carboxylic acids is 1. The molecule has 3 N–H and O–H groups in total. The number of hydrogen-bond donors (Lipinski definition) is 3. The molecule has 0 radical (unpaired) electrons. The predicted molar refractivity (Wildman–Crippen MR) is 54.5 cm³/mol. The van der Waals surface area contributed by atoms with Crippen LogP contribution < -0.4 is 15.9 Å². The molecule has 0 bridgehead atoms. The van der Waals surface area contributed by atoms with Gasteiger partial charge in [-0.25, -0.2) is 4.79 Å². The quantitative estimate of drug-likeness (QED) is 0.521. The zero-order valence-electron chi connectivity index (χ0n) is 8.08. The van der Waals surface area contributed by atoms with Gasteiger partial charge in [-0.05, 0) is 6.08 Å². The van der Waals surface area contributed by atoms with Crippen LogP contribution in [0.1, 0.15) is 10.4 Å². The van der Waals surface area contributed by atoms with E-state index in [1.54, 1.807) is 6.20 Å². The molecule has 1 fully saturated rings. The van der Waals surface area contributed by atoms with Crippen LogP contribution in [0.5, 0.6) is 0 Å². The SMILES string of the molecule is O=C(O)c1c[nH]c2c1=C1NCCN1CC=2. The van der Waals surface area contributed by atoms with E-state index in [9.17, 15) is 4.79 Å². The van der Waals surface area contributed by atoms with E-state index in [0.717, 1.165) is 36.0 Å². The maximum atomic E-state index is 11.0. The van der Waals surface area contributed by atoms with E-state index in [1.807, 2.05) is 6.08 Å². The molecule has 2 aliphatic rings. The van der Waals surface area contributed by atoms with Crippen LogP contribution in [0.25, 0.3) is 11.9 Å². The predicted octanol–water partition coefficient (Wildman–Crippen LogP) is -1.52. The monoisotopic (exact) mass is 205 g/mol. The Balaban J connectivity index is 2.38. The number of nitrogens with zero attached hydrogens (tertiary/aromatic N) is 1. The molecule has 1 aromatic heterocycles. The van der Waals surface area contributed by atoms with E-state index in [0.29, 0.717) is 5.56 Å². The van der Waals surface area contributed by atoms with Crippen molar-refractivity contribution in [2.45, 2.75) is 0 Å². The fraction of sp³-hybridized carbons (Fsp3) is 0.300. The van der Waals surface area contributed by atoms with Gasteiger partial charge in [0, 0.05) is 31.2 Å². The third kappa shape index (κ3) is 1.06. The minimum atomic E-state index is -0.885. The van der Waals surface area contributed by atoms with Gasteiger partial charge in [0.05, 0.1) is 10.8 Å². The molecule has 0 aromatic carbocycles. The molecule has 2 aliphatic heterocycles.